The van der Waals surface area contributed by atoms with E-state index in [9.17, 15) is 9.18 Å². The standard InChI is InChI=1S/C17H17BrFNO/c1-12-6-8-13(9-7-12)11-20-17(21)15(18)10-14-4-2-3-5-16(14)19/h2-9,15H,10-11H2,1H3,(H,20,21). The van der Waals surface area contributed by atoms with Gasteiger partial charge < -0.3 is 5.32 Å². The van der Waals surface area contributed by atoms with Gasteiger partial charge in [0.1, 0.15) is 5.82 Å². The Hall–Kier alpha value is -1.68. The molecule has 0 spiro atoms. The van der Waals surface area contributed by atoms with Crippen LogP contribution in [0.2, 0.25) is 0 Å². The number of carbonyl (C=O) groups excluding carboxylic acids is 1. The molecule has 0 fully saturated rings. The first-order valence-electron chi connectivity index (χ1n) is 6.77. The number of nitrogens with one attached hydrogen (secondary N) is 1. The van der Waals surface area contributed by atoms with E-state index in [-0.39, 0.29) is 11.7 Å². The summed E-state index contributed by atoms with van der Waals surface area (Å²) in [6.45, 7) is 2.49. The molecule has 1 unspecified atom stereocenters. The van der Waals surface area contributed by atoms with Gasteiger partial charge in [-0.3, -0.25) is 4.79 Å². The molecule has 0 bridgehead atoms. The van der Waals surface area contributed by atoms with Gasteiger partial charge in [0.25, 0.3) is 0 Å². The van der Waals surface area contributed by atoms with Crippen molar-refractivity contribution in [2.45, 2.75) is 24.7 Å². The molecule has 2 nitrogen and oxygen atoms in total. The summed E-state index contributed by atoms with van der Waals surface area (Å²) in [4.78, 5) is 11.6. The van der Waals surface area contributed by atoms with Gasteiger partial charge in [-0.05, 0) is 30.5 Å². The first-order chi connectivity index (χ1) is 10.1. The van der Waals surface area contributed by atoms with Crippen LogP contribution in [0.5, 0.6) is 0 Å². The second-order valence-corrected chi connectivity index (χ2v) is 6.07. The molecule has 0 heterocycles. The van der Waals surface area contributed by atoms with Gasteiger partial charge in [-0.15, -0.1) is 0 Å². The van der Waals surface area contributed by atoms with E-state index in [0.717, 1.165) is 5.56 Å². The van der Waals surface area contributed by atoms with E-state index in [2.05, 4.69) is 21.2 Å². The molecular formula is C17H17BrFNO. The molecule has 110 valence electrons. The van der Waals surface area contributed by atoms with Gasteiger partial charge in [-0.1, -0.05) is 64.0 Å². The normalized spacial score (nSPS) is 12.0. The maximum Gasteiger partial charge on any atom is 0.234 e. The Morgan fingerprint density at radius 2 is 1.86 bits per heavy atom. The van der Waals surface area contributed by atoms with Crippen LogP contribution in [-0.4, -0.2) is 10.7 Å². The zero-order valence-electron chi connectivity index (χ0n) is 11.8. The van der Waals surface area contributed by atoms with Crippen molar-refractivity contribution in [3.8, 4) is 0 Å². The van der Waals surface area contributed by atoms with Crippen LogP contribution in [0.1, 0.15) is 16.7 Å². The molecule has 1 N–H and O–H groups in total. The number of carbonyl (C=O) groups is 1. The largest absolute Gasteiger partial charge is 0.351 e. The van der Waals surface area contributed by atoms with E-state index < -0.39 is 4.83 Å². The summed E-state index contributed by atoms with van der Waals surface area (Å²) in [6.07, 6.45) is 0.326. The highest BCUT2D eigenvalue weighted by molar-refractivity contribution is 9.10. The van der Waals surface area contributed by atoms with Gasteiger partial charge in [0.05, 0.1) is 4.83 Å². The molecule has 1 amide bonds. The molecule has 0 radical (unpaired) electrons. The molecule has 0 aliphatic carbocycles. The summed E-state index contributed by atoms with van der Waals surface area (Å²) in [5.41, 5.74) is 2.76. The molecule has 2 rings (SSSR count). The molecule has 4 heteroatoms. The first kappa shape index (κ1) is 15.7. The number of hydrogen-bond acceptors (Lipinski definition) is 1. The van der Waals surface area contributed by atoms with Crippen molar-refractivity contribution in [2.24, 2.45) is 0 Å². The lowest BCUT2D eigenvalue weighted by molar-refractivity contribution is -0.120. The average molecular weight is 350 g/mol. The smallest absolute Gasteiger partial charge is 0.234 e. The van der Waals surface area contributed by atoms with Crippen LogP contribution in [0.25, 0.3) is 0 Å². The Bertz CT molecular complexity index is 612. The van der Waals surface area contributed by atoms with E-state index in [1.165, 1.54) is 11.6 Å². The first-order valence-corrected chi connectivity index (χ1v) is 7.68. The van der Waals surface area contributed by atoms with Crippen LogP contribution in [0.3, 0.4) is 0 Å². The number of rotatable bonds is 5. The summed E-state index contributed by atoms with van der Waals surface area (Å²) in [7, 11) is 0. The summed E-state index contributed by atoms with van der Waals surface area (Å²) < 4.78 is 13.5. The molecule has 0 aromatic heterocycles. The zero-order chi connectivity index (χ0) is 15.2. The minimum atomic E-state index is -0.445. The second kappa shape index (κ2) is 7.36. The summed E-state index contributed by atoms with van der Waals surface area (Å²) in [5, 5.41) is 2.85. The fourth-order valence-corrected chi connectivity index (χ4v) is 2.47. The Morgan fingerprint density at radius 1 is 1.19 bits per heavy atom. The maximum absolute atomic E-state index is 13.5. The highest BCUT2D eigenvalue weighted by atomic mass is 79.9. The van der Waals surface area contributed by atoms with Crippen LogP contribution in [0, 0.1) is 12.7 Å². The number of benzene rings is 2. The summed E-state index contributed by atoms with van der Waals surface area (Å²) in [5.74, 6) is -0.424. The molecule has 1 atom stereocenters. The molecule has 0 saturated heterocycles. The zero-order valence-corrected chi connectivity index (χ0v) is 13.4. The molecule has 0 saturated carbocycles. The Labute approximate surface area is 132 Å². The number of alkyl halides is 1. The van der Waals surface area contributed by atoms with Crippen molar-refractivity contribution >= 4 is 21.8 Å². The van der Waals surface area contributed by atoms with E-state index in [0.29, 0.717) is 18.5 Å². The lowest BCUT2D eigenvalue weighted by Crippen LogP contribution is -2.32. The van der Waals surface area contributed by atoms with E-state index in [1.54, 1.807) is 18.2 Å². The fourth-order valence-electron chi connectivity index (χ4n) is 1.96. The fraction of sp³-hybridized carbons (Fsp3) is 0.235. The monoisotopic (exact) mass is 349 g/mol. The second-order valence-electron chi connectivity index (χ2n) is 4.97. The highest BCUT2D eigenvalue weighted by Crippen LogP contribution is 2.14. The van der Waals surface area contributed by atoms with E-state index in [4.69, 9.17) is 0 Å². The van der Waals surface area contributed by atoms with Crippen LogP contribution in [0.15, 0.2) is 48.5 Å². The predicted octanol–water partition coefficient (Wildman–Crippen LogP) is 3.76. The number of hydrogen-bond donors (Lipinski definition) is 1. The van der Waals surface area contributed by atoms with Crippen LogP contribution >= 0.6 is 15.9 Å². The van der Waals surface area contributed by atoms with Crippen molar-refractivity contribution in [2.75, 3.05) is 0 Å². The van der Waals surface area contributed by atoms with E-state index in [1.807, 2.05) is 31.2 Å². The van der Waals surface area contributed by atoms with Gasteiger partial charge >= 0.3 is 0 Å². The molecule has 0 aliphatic rings. The third-order valence-electron chi connectivity index (χ3n) is 3.23. The van der Waals surface area contributed by atoms with Gasteiger partial charge in [-0.25, -0.2) is 4.39 Å². The van der Waals surface area contributed by atoms with Gasteiger partial charge in [-0.2, -0.15) is 0 Å². The third kappa shape index (κ3) is 4.67. The Balaban J connectivity index is 1.88. The van der Waals surface area contributed by atoms with Crippen LogP contribution < -0.4 is 5.32 Å². The predicted molar refractivity (Wildman–Crippen MR) is 85.8 cm³/mol. The average Bonchev–Trinajstić information content (AvgIpc) is 2.48. The molecule has 21 heavy (non-hydrogen) atoms. The van der Waals surface area contributed by atoms with Crippen molar-refractivity contribution in [1.29, 1.82) is 0 Å². The number of amides is 1. The maximum atomic E-state index is 13.5. The van der Waals surface area contributed by atoms with Gasteiger partial charge in [0.2, 0.25) is 5.91 Å². The highest BCUT2D eigenvalue weighted by Gasteiger charge is 2.16. The quantitative estimate of drug-likeness (QED) is 0.818. The topological polar surface area (TPSA) is 29.1 Å². The van der Waals surface area contributed by atoms with Crippen molar-refractivity contribution in [1.82, 2.24) is 5.32 Å². The van der Waals surface area contributed by atoms with Crippen molar-refractivity contribution in [3.05, 3.63) is 71.0 Å². The number of halogens is 2. The lowest BCUT2D eigenvalue weighted by atomic mass is 10.1. The third-order valence-corrected chi connectivity index (χ3v) is 3.97. The van der Waals surface area contributed by atoms with Gasteiger partial charge in [0, 0.05) is 6.54 Å². The summed E-state index contributed by atoms with van der Waals surface area (Å²) >= 11 is 3.32. The van der Waals surface area contributed by atoms with Gasteiger partial charge in [0.15, 0.2) is 0 Å². The van der Waals surface area contributed by atoms with E-state index >= 15 is 0 Å². The lowest BCUT2D eigenvalue weighted by Gasteiger charge is -2.11. The molecule has 2 aromatic carbocycles. The van der Waals surface area contributed by atoms with Crippen LogP contribution in [0.4, 0.5) is 4.39 Å². The molecular weight excluding hydrogens is 333 g/mol. The number of aryl methyl sites for hydroxylation is 1. The molecule has 0 aliphatic heterocycles. The Kier molecular flexibility index (Phi) is 5.51. The van der Waals surface area contributed by atoms with Crippen molar-refractivity contribution in [3.63, 3.8) is 0 Å². The summed E-state index contributed by atoms with van der Waals surface area (Å²) in [6, 6.07) is 14.5. The van der Waals surface area contributed by atoms with Crippen LogP contribution in [-0.2, 0) is 17.8 Å². The SMILES string of the molecule is Cc1ccc(CNC(=O)C(Br)Cc2ccccc2F)cc1. The minimum Gasteiger partial charge on any atom is -0.351 e. The minimum absolute atomic E-state index is 0.140. The Morgan fingerprint density at radius 3 is 2.52 bits per heavy atom. The molecule has 2 aromatic rings. The van der Waals surface area contributed by atoms with Crippen molar-refractivity contribution < 1.29 is 9.18 Å².